The van der Waals surface area contributed by atoms with Crippen molar-refractivity contribution in [3.05, 3.63) is 29.8 Å². The molecule has 5 nitrogen and oxygen atoms in total. The van der Waals surface area contributed by atoms with E-state index in [-0.39, 0.29) is 18.8 Å². The summed E-state index contributed by atoms with van der Waals surface area (Å²) in [7, 11) is -5.82. The third-order valence-electron chi connectivity index (χ3n) is 5.03. The third kappa shape index (κ3) is 3.91. The number of nitrogens with zero attached hydrogens (tertiary/aromatic N) is 1. The number of piperidine rings is 1. The molecule has 2 aliphatic rings. The van der Waals surface area contributed by atoms with Crippen LogP contribution in [0.2, 0.25) is 0 Å². The van der Waals surface area contributed by atoms with Gasteiger partial charge in [0, 0.05) is 12.1 Å². The minimum atomic E-state index is -5.82. The van der Waals surface area contributed by atoms with Crippen LogP contribution in [0.4, 0.5) is 26.3 Å². The van der Waals surface area contributed by atoms with E-state index in [1.807, 2.05) is 0 Å². The number of carbonyl (C=O) groups is 1. The van der Waals surface area contributed by atoms with Gasteiger partial charge >= 0.3 is 27.7 Å². The maximum Gasteiger partial charge on any atom is 0.534 e. The molecule has 12 heteroatoms. The lowest BCUT2D eigenvalue weighted by molar-refractivity contribution is -0.190. The van der Waals surface area contributed by atoms with Crippen molar-refractivity contribution in [3.63, 3.8) is 0 Å². The van der Waals surface area contributed by atoms with E-state index in [2.05, 4.69) is 4.18 Å². The highest BCUT2D eigenvalue weighted by atomic mass is 32.2. The van der Waals surface area contributed by atoms with Gasteiger partial charge in [-0.2, -0.15) is 34.8 Å². The summed E-state index contributed by atoms with van der Waals surface area (Å²) in [6.07, 6.45) is -3.75. The van der Waals surface area contributed by atoms with E-state index >= 15 is 0 Å². The molecule has 2 fully saturated rings. The van der Waals surface area contributed by atoms with Crippen molar-refractivity contribution < 1.29 is 43.7 Å². The van der Waals surface area contributed by atoms with Crippen LogP contribution in [0.15, 0.2) is 24.3 Å². The molecule has 0 aromatic heterocycles. The first-order valence-corrected chi connectivity index (χ1v) is 9.70. The maximum absolute atomic E-state index is 12.8. The van der Waals surface area contributed by atoms with E-state index in [9.17, 15) is 39.6 Å². The van der Waals surface area contributed by atoms with Crippen molar-refractivity contribution in [3.8, 4) is 5.75 Å². The maximum atomic E-state index is 12.8. The van der Waals surface area contributed by atoms with E-state index in [0.717, 1.165) is 17.0 Å². The van der Waals surface area contributed by atoms with Crippen LogP contribution in [0.25, 0.3) is 0 Å². The van der Waals surface area contributed by atoms with Gasteiger partial charge in [-0.05, 0) is 49.3 Å². The Labute approximate surface area is 156 Å². The summed E-state index contributed by atoms with van der Waals surface area (Å²) in [5, 5.41) is 0. The zero-order valence-corrected chi connectivity index (χ0v) is 14.9. The van der Waals surface area contributed by atoms with Gasteiger partial charge in [0.05, 0.1) is 0 Å². The van der Waals surface area contributed by atoms with Gasteiger partial charge in [-0.25, -0.2) is 0 Å². The molecule has 0 aliphatic carbocycles. The Bertz CT molecular complexity index is 853. The van der Waals surface area contributed by atoms with Crippen molar-refractivity contribution in [1.29, 1.82) is 0 Å². The van der Waals surface area contributed by atoms with Crippen LogP contribution in [0, 0.1) is 0 Å². The minimum absolute atomic E-state index is 0.202. The van der Waals surface area contributed by atoms with Crippen LogP contribution in [0.5, 0.6) is 5.75 Å². The summed E-state index contributed by atoms with van der Waals surface area (Å²) < 4.78 is 102. The average molecular weight is 431 g/mol. The SMILES string of the molecule is O=C(N1C2CCC1CC(c1cccc(OS(=O)(=O)C(F)(F)F)c1)C2)C(F)(F)F. The summed E-state index contributed by atoms with van der Waals surface area (Å²) in [6, 6.07) is 3.78. The molecule has 0 N–H and O–H groups in total. The van der Waals surface area contributed by atoms with Crippen molar-refractivity contribution in [2.45, 2.75) is 55.4 Å². The number of benzene rings is 1. The van der Waals surface area contributed by atoms with Gasteiger partial charge in [0.25, 0.3) is 0 Å². The van der Waals surface area contributed by atoms with E-state index < -0.39 is 45.5 Å². The molecule has 2 bridgehead atoms. The number of hydrogen-bond donors (Lipinski definition) is 0. The smallest absolute Gasteiger partial charge is 0.376 e. The molecule has 0 spiro atoms. The molecule has 28 heavy (non-hydrogen) atoms. The van der Waals surface area contributed by atoms with Crippen LogP contribution in [0.3, 0.4) is 0 Å². The molecule has 1 aromatic rings. The Morgan fingerprint density at radius 2 is 1.61 bits per heavy atom. The molecule has 2 saturated heterocycles. The zero-order valence-electron chi connectivity index (χ0n) is 14.1. The monoisotopic (exact) mass is 431 g/mol. The Hall–Kier alpha value is -1.98. The lowest BCUT2D eigenvalue weighted by Crippen LogP contribution is -2.51. The number of halogens is 6. The van der Waals surface area contributed by atoms with Gasteiger partial charge in [-0.15, -0.1) is 0 Å². The van der Waals surface area contributed by atoms with Gasteiger partial charge in [-0.3, -0.25) is 4.79 Å². The minimum Gasteiger partial charge on any atom is -0.376 e. The van der Waals surface area contributed by atoms with E-state index in [4.69, 9.17) is 0 Å². The van der Waals surface area contributed by atoms with Crippen LogP contribution in [-0.4, -0.2) is 43.0 Å². The fourth-order valence-electron chi connectivity index (χ4n) is 3.92. The predicted octanol–water partition coefficient (Wildman–Crippen LogP) is 3.71. The molecule has 0 radical (unpaired) electrons. The fourth-order valence-corrected chi connectivity index (χ4v) is 4.37. The fraction of sp³-hybridized carbons (Fsp3) is 0.562. The Kier molecular flexibility index (Phi) is 5.05. The molecule has 0 saturated carbocycles. The summed E-state index contributed by atoms with van der Waals surface area (Å²) >= 11 is 0. The number of carbonyl (C=O) groups excluding carboxylic acids is 1. The highest BCUT2D eigenvalue weighted by Gasteiger charge is 2.52. The molecule has 2 unspecified atom stereocenters. The molecule has 2 aliphatic heterocycles. The van der Waals surface area contributed by atoms with Crippen molar-refractivity contribution in [1.82, 2.24) is 4.90 Å². The molecule has 1 amide bonds. The Balaban J connectivity index is 1.78. The quantitative estimate of drug-likeness (QED) is 0.416. The van der Waals surface area contributed by atoms with Gasteiger partial charge in [0.15, 0.2) is 0 Å². The highest BCUT2D eigenvalue weighted by molar-refractivity contribution is 7.88. The Morgan fingerprint density at radius 1 is 1.04 bits per heavy atom. The predicted molar refractivity (Wildman–Crippen MR) is 83.7 cm³/mol. The van der Waals surface area contributed by atoms with Crippen molar-refractivity contribution in [2.75, 3.05) is 0 Å². The second kappa shape index (κ2) is 6.82. The molecule has 156 valence electrons. The summed E-state index contributed by atoms with van der Waals surface area (Å²) in [6.45, 7) is 0. The second-order valence-corrected chi connectivity index (χ2v) is 8.36. The number of amides is 1. The number of rotatable bonds is 3. The van der Waals surface area contributed by atoms with Crippen LogP contribution < -0.4 is 4.18 Å². The first-order chi connectivity index (χ1) is 12.8. The summed E-state index contributed by atoms with van der Waals surface area (Å²) in [4.78, 5) is 12.5. The van der Waals surface area contributed by atoms with Crippen molar-refractivity contribution in [2.24, 2.45) is 0 Å². The van der Waals surface area contributed by atoms with Crippen LogP contribution in [-0.2, 0) is 14.9 Å². The topological polar surface area (TPSA) is 63.7 Å². The van der Waals surface area contributed by atoms with Crippen LogP contribution in [0.1, 0.15) is 37.2 Å². The summed E-state index contributed by atoms with van der Waals surface area (Å²) in [5.41, 5.74) is -5.13. The number of fused-ring (bicyclic) bond motifs is 2. The number of alkyl halides is 6. The van der Waals surface area contributed by atoms with Gasteiger partial charge in [0.2, 0.25) is 0 Å². The average Bonchev–Trinajstić information content (AvgIpc) is 2.81. The molecule has 2 heterocycles. The largest absolute Gasteiger partial charge is 0.534 e. The third-order valence-corrected chi connectivity index (χ3v) is 6.01. The van der Waals surface area contributed by atoms with Gasteiger partial charge in [0.1, 0.15) is 5.75 Å². The lowest BCUT2D eigenvalue weighted by atomic mass is 9.85. The van der Waals surface area contributed by atoms with Gasteiger partial charge < -0.3 is 9.08 Å². The molecular weight excluding hydrogens is 416 g/mol. The molecule has 2 atom stereocenters. The van der Waals surface area contributed by atoms with E-state index in [1.165, 1.54) is 6.07 Å². The highest BCUT2D eigenvalue weighted by Crippen LogP contribution is 2.45. The normalized spacial score (nSPS) is 25.6. The van der Waals surface area contributed by atoms with Gasteiger partial charge in [-0.1, -0.05) is 12.1 Å². The van der Waals surface area contributed by atoms with E-state index in [0.29, 0.717) is 18.4 Å². The Morgan fingerprint density at radius 3 is 2.11 bits per heavy atom. The second-order valence-electron chi connectivity index (χ2n) is 6.82. The first kappa shape index (κ1) is 20.7. The first-order valence-electron chi connectivity index (χ1n) is 8.30. The summed E-state index contributed by atoms with van der Waals surface area (Å²) in [5.74, 6) is -2.74. The number of hydrogen-bond acceptors (Lipinski definition) is 4. The zero-order chi connectivity index (χ0) is 20.9. The lowest BCUT2D eigenvalue weighted by Gasteiger charge is -2.39. The molecule has 1 aromatic carbocycles. The van der Waals surface area contributed by atoms with Crippen molar-refractivity contribution >= 4 is 16.0 Å². The standard InChI is InChI=1S/C16H15F6NO4S/c17-15(18,19)14(24)23-11-4-5-12(23)7-10(6-11)9-2-1-3-13(8-9)27-28(25,26)16(20,21)22/h1-3,8,10-12H,4-7H2. The molecule has 3 rings (SSSR count). The van der Waals surface area contributed by atoms with E-state index in [1.54, 1.807) is 6.07 Å². The molecular formula is C16H15F6NO4S. The van der Waals surface area contributed by atoms with Crippen LogP contribution >= 0.6 is 0 Å².